The first kappa shape index (κ1) is 11.6. The van der Waals surface area contributed by atoms with Crippen LogP contribution in [0.25, 0.3) is 0 Å². The lowest BCUT2D eigenvalue weighted by atomic mass is 10.2. The maximum absolute atomic E-state index is 5.65. The summed E-state index contributed by atoms with van der Waals surface area (Å²) in [5, 5.41) is 0. The monoisotopic (exact) mass is 214 g/mol. The zero-order valence-electron chi connectivity index (χ0n) is 9.05. The summed E-state index contributed by atoms with van der Waals surface area (Å²) in [7, 11) is 0. The average molecular weight is 215 g/mol. The number of ether oxygens (including phenoxy) is 1. The van der Waals surface area contributed by atoms with Crippen LogP contribution in [0.2, 0.25) is 0 Å². The summed E-state index contributed by atoms with van der Waals surface area (Å²) in [5.74, 6) is 2.55. The first-order valence-corrected chi connectivity index (χ1v) is 5.80. The minimum Gasteiger partial charge on any atom is -0.498 e. The zero-order valence-corrected chi connectivity index (χ0v) is 9.81. The van der Waals surface area contributed by atoms with Crippen LogP contribution in [-0.2, 0) is 4.74 Å². The van der Waals surface area contributed by atoms with E-state index in [4.69, 9.17) is 16.3 Å². The number of rotatable bonds is 6. The van der Waals surface area contributed by atoms with Gasteiger partial charge < -0.3 is 4.74 Å². The average Bonchev–Trinajstić information content (AvgIpc) is 2.98. The summed E-state index contributed by atoms with van der Waals surface area (Å²) in [6.07, 6.45) is 7.79. The fourth-order valence-corrected chi connectivity index (χ4v) is 1.21. The van der Waals surface area contributed by atoms with Gasteiger partial charge in [0, 0.05) is 5.88 Å². The Morgan fingerprint density at radius 2 is 2.14 bits per heavy atom. The Morgan fingerprint density at radius 3 is 2.71 bits per heavy atom. The van der Waals surface area contributed by atoms with Crippen molar-refractivity contribution in [3.63, 3.8) is 0 Å². The van der Waals surface area contributed by atoms with Crippen LogP contribution < -0.4 is 0 Å². The molecule has 14 heavy (non-hydrogen) atoms. The van der Waals surface area contributed by atoms with E-state index in [2.05, 4.69) is 19.1 Å². The molecule has 0 N–H and O–H groups in total. The van der Waals surface area contributed by atoms with E-state index < -0.39 is 0 Å². The predicted molar refractivity (Wildman–Crippen MR) is 61.5 cm³/mol. The quantitative estimate of drug-likeness (QED) is 0.370. The van der Waals surface area contributed by atoms with Gasteiger partial charge in [-0.1, -0.05) is 12.2 Å². The van der Waals surface area contributed by atoms with Crippen LogP contribution in [0.3, 0.4) is 0 Å². The molecule has 0 aliphatic heterocycles. The van der Waals surface area contributed by atoms with E-state index in [1.54, 1.807) is 0 Å². The van der Waals surface area contributed by atoms with Gasteiger partial charge in [0.1, 0.15) is 0 Å². The molecule has 1 fully saturated rings. The third kappa shape index (κ3) is 4.71. The van der Waals surface area contributed by atoms with Crippen molar-refractivity contribution in [1.29, 1.82) is 0 Å². The Kier molecular flexibility index (Phi) is 5.10. The van der Waals surface area contributed by atoms with Crippen LogP contribution in [-0.4, -0.2) is 12.5 Å². The van der Waals surface area contributed by atoms with E-state index in [1.807, 2.05) is 6.92 Å². The van der Waals surface area contributed by atoms with Crippen LogP contribution >= 0.6 is 11.6 Å². The van der Waals surface area contributed by atoms with E-state index in [-0.39, 0.29) is 0 Å². The van der Waals surface area contributed by atoms with Gasteiger partial charge in [-0.2, -0.15) is 0 Å². The number of allylic oxidation sites excluding steroid dienone is 4. The number of hydrogen-bond donors (Lipinski definition) is 0. The topological polar surface area (TPSA) is 9.23 Å². The van der Waals surface area contributed by atoms with Gasteiger partial charge >= 0.3 is 0 Å². The number of alkyl halides is 1. The van der Waals surface area contributed by atoms with Crippen LogP contribution in [0.4, 0.5) is 0 Å². The molecule has 0 bridgehead atoms. The lowest BCUT2D eigenvalue weighted by Gasteiger charge is -2.06. The van der Waals surface area contributed by atoms with Crippen molar-refractivity contribution in [2.24, 2.45) is 5.92 Å². The van der Waals surface area contributed by atoms with Gasteiger partial charge in [0.2, 0.25) is 0 Å². The molecule has 1 nitrogen and oxygen atoms in total. The SMILES string of the molecule is CC(C=CCCCl)=C(C)OCC1CC1. The molecule has 2 heteroatoms. The number of hydrogen-bond acceptors (Lipinski definition) is 1. The Morgan fingerprint density at radius 1 is 1.43 bits per heavy atom. The Bertz CT molecular complexity index is 226. The molecule has 0 aromatic heterocycles. The summed E-state index contributed by atoms with van der Waals surface area (Å²) < 4.78 is 5.65. The second kappa shape index (κ2) is 6.13. The molecular formula is C12H19ClO. The van der Waals surface area contributed by atoms with Crippen molar-refractivity contribution in [2.75, 3.05) is 12.5 Å². The van der Waals surface area contributed by atoms with Gasteiger partial charge in [0.25, 0.3) is 0 Å². The first-order valence-electron chi connectivity index (χ1n) is 5.27. The predicted octanol–water partition coefficient (Wildman–Crippen LogP) is 3.89. The van der Waals surface area contributed by atoms with E-state index >= 15 is 0 Å². The molecule has 1 aliphatic rings. The second-order valence-corrected chi connectivity index (χ2v) is 4.25. The van der Waals surface area contributed by atoms with E-state index in [9.17, 15) is 0 Å². The smallest absolute Gasteiger partial charge is 0.0957 e. The molecule has 1 aliphatic carbocycles. The molecule has 0 atom stereocenters. The molecule has 0 aromatic rings. The summed E-state index contributed by atoms with van der Waals surface area (Å²) in [5.41, 5.74) is 1.20. The fourth-order valence-electron chi connectivity index (χ4n) is 1.08. The van der Waals surface area contributed by atoms with Gasteiger partial charge in [0.05, 0.1) is 12.4 Å². The lowest BCUT2D eigenvalue weighted by Crippen LogP contribution is -1.95. The van der Waals surface area contributed by atoms with Crippen molar-refractivity contribution >= 4 is 11.6 Å². The first-order chi connectivity index (χ1) is 6.74. The molecular weight excluding hydrogens is 196 g/mol. The van der Waals surface area contributed by atoms with Crippen LogP contribution in [0, 0.1) is 5.92 Å². The minimum atomic E-state index is 0.686. The Hall–Kier alpha value is -0.430. The molecule has 0 radical (unpaired) electrons. The van der Waals surface area contributed by atoms with E-state index in [0.717, 1.165) is 24.7 Å². The third-order valence-corrected chi connectivity index (χ3v) is 2.65. The highest BCUT2D eigenvalue weighted by Crippen LogP contribution is 2.29. The summed E-state index contributed by atoms with van der Waals surface area (Å²) in [4.78, 5) is 0. The Balaban J connectivity index is 2.27. The molecule has 0 amide bonds. The molecule has 0 heterocycles. The molecule has 1 rings (SSSR count). The van der Waals surface area contributed by atoms with Gasteiger partial charge in [-0.05, 0) is 44.6 Å². The molecule has 0 aromatic carbocycles. The van der Waals surface area contributed by atoms with Crippen molar-refractivity contribution in [3.8, 4) is 0 Å². The van der Waals surface area contributed by atoms with Crippen LogP contribution in [0.5, 0.6) is 0 Å². The van der Waals surface area contributed by atoms with Gasteiger partial charge in [-0.15, -0.1) is 11.6 Å². The second-order valence-electron chi connectivity index (χ2n) is 3.87. The normalized spacial score (nSPS) is 18.5. The van der Waals surface area contributed by atoms with Crippen LogP contribution in [0.15, 0.2) is 23.5 Å². The van der Waals surface area contributed by atoms with Gasteiger partial charge in [-0.3, -0.25) is 0 Å². The minimum absolute atomic E-state index is 0.686. The van der Waals surface area contributed by atoms with Gasteiger partial charge in [-0.25, -0.2) is 0 Å². The maximum Gasteiger partial charge on any atom is 0.0957 e. The third-order valence-electron chi connectivity index (χ3n) is 2.43. The number of halogens is 1. The molecule has 80 valence electrons. The zero-order chi connectivity index (χ0) is 10.4. The van der Waals surface area contributed by atoms with Crippen molar-refractivity contribution in [1.82, 2.24) is 0 Å². The van der Waals surface area contributed by atoms with Crippen molar-refractivity contribution in [2.45, 2.75) is 33.1 Å². The highest BCUT2D eigenvalue weighted by Gasteiger charge is 2.21. The summed E-state index contributed by atoms with van der Waals surface area (Å²) >= 11 is 5.58. The summed E-state index contributed by atoms with van der Waals surface area (Å²) in [6.45, 7) is 5.00. The molecule has 1 saturated carbocycles. The molecule has 0 unspecified atom stereocenters. The highest BCUT2D eigenvalue weighted by atomic mass is 35.5. The van der Waals surface area contributed by atoms with Crippen molar-refractivity contribution < 1.29 is 4.74 Å². The van der Waals surface area contributed by atoms with Crippen LogP contribution in [0.1, 0.15) is 33.1 Å². The summed E-state index contributed by atoms with van der Waals surface area (Å²) in [6, 6.07) is 0. The molecule has 0 saturated heterocycles. The van der Waals surface area contributed by atoms with E-state index in [1.165, 1.54) is 18.4 Å². The van der Waals surface area contributed by atoms with E-state index in [0.29, 0.717) is 5.88 Å². The standard InChI is InChI=1S/C12H19ClO/c1-10(5-3-4-8-13)11(2)14-9-12-6-7-12/h3,5,12H,4,6-9H2,1-2H3. The highest BCUT2D eigenvalue weighted by molar-refractivity contribution is 6.17. The van der Waals surface area contributed by atoms with Gasteiger partial charge in [0.15, 0.2) is 0 Å². The largest absolute Gasteiger partial charge is 0.498 e. The van der Waals surface area contributed by atoms with Crippen molar-refractivity contribution in [3.05, 3.63) is 23.5 Å². The fraction of sp³-hybridized carbons (Fsp3) is 0.667. The molecule has 0 spiro atoms. The maximum atomic E-state index is 5.65. The lowest BCUT2D eigenvalue weighted by molar-refractivity contribution is 0.198. The Labute approximate surface area is 91.8 Å².